The first-order valence-electron chi connectivity index (χ1n) is 5.58. The van der Waals surface area contributed by atoms with Gasteiger partial charge in [-0.05, 0) is 19.1 Å². The molecule has 0 bridgehead atoms. The molecule has 1 aliphatic rings. The molecule has 2 unspecified atom stereocenters. The minimum Gasteiger partial charge on any atom is -0.480 e. The molecule has 1 aliphatic heterocycles. The Morgan fingerprint density at radius 1 is 1.40 bits per heavy atom. The van der Waals surface area contributed by atoms with Gasteiger partial charge in [-0.25, -0.2) is 17.2 Å². The summed E-state index contributed by atoms with van der Waals surface area (Å²) < 4.78 is 52.7. The van der Waals surface area contributed by atoms with Gasteiger partial charge in [0.1, 0.15) is 17.7 Å². The minimum absolute atomic E-state index is 0.0335. The summed E-state index contributed by atoms with van der Waals surface area (Å²) in [7, 11) is -4.56. The van der Waals surface area contributed by atoms with Crippen molar-refractivity contribution in [3.8, 4) is 0 Å². The van der Waals surface area contributed by atoms with Crippen LogP contribution in [0.1, 0.15) is 6.92 Å². The van der Waals surface area contributed by atoms with Crippen LogP contribution in [0.2, 0.25) is 0 Å². The first-order valence-corrected chi connectivity index (χ1v) is 8.07. The van der Waals surface area contributed by atoms with Gasteiger partial charge in [0.2, 0.25) is 0 Å². The van der Waals surface area contributed by atoms with E-state index < -0.39 is 43.9 Å². The molecule has 1 fully saturated rings. The second-order valence-electron chi connectivity index (χ2n) is 4.17. The smallest absolute Gasteiger partial charge is 0.322 e. The van der Waals surface area contributed by atoms with Crippen LogP contribution in [-0.2, 0) is 14.8 Å². The number of rotatable bonds is 3. The van der Waals surface area contributed by atoms with Crippen LogP contribution in [0.4, 0.5) is 8.78 Å². The third kappa shape index (κ3) is 2.40. The number of carbonyl (C=O) groups is 1. The molecule has 0 aromatic heterocycles. The summed E-state index contributed by atoms with van der Waals surface area (Å²) in [6.07, 6.45) is 0. The summed E-state index contributed by atoms with van der Waals surface area (Å²) in [4.78, 5) is 9.99. The third-order valence-electron chi connectivity index (χ3n) is 2.90. The van der Waals surface area contributed by atoms with Gasteiger partial charge >= 0.3 is 5.97 Å². The van der Waals surface area contributed by atoms with Gasteiger partial charge < -0.3 is 5.11 Å². The molecular formula is C11H11F2NO4S2. The molecule has 0 amide bonds. The molecule has 0 saturated carbocycles. The Bertz CT molecular complexity index is 630. The summed E-state index contributed by atoms with van der Waals surface area (Å²) in [5.41, 5.74) is 0. The summed E-state index contributed by atoms with van der Waals surface area (Å²) in [5, 5.41) is 8.34. The van der Waals surface area contributed by atoms with Crippen LogP contribution < -0.4 is 0 Å². The normalized spacial score (nSPS) is 23.9. The highest BCUT2D eigenvalue weighted by molar-refractivity contribution is 8.01. The lowest BCUT2D eigenvalue weighted by Crippen LogP contribution is -2.45. The zero-order chi connectivity index (χ0) is 15.1. The van der Waals surface area contributed by atoms with Gasteiger partial charge in [0.25, 0.3) is 10.0 Å². The van der Waals surface area contributed by atoms with Gasteiger partial charge in [-0.15, -0.1) is 11.8 Å². The Hall–Kier alpha value is -1.19. The highest BCUT2D eigenvalue weighted by Crippen LogP contribution is 2.35. The van der Waals surface area contributed by atoms with Gasteiger partial charge in [0, 0.05) is 5.75 Å². The van der Waals surface area contributed by atoms with Crippen molar-refractivity contribution in [1.82, 2.24) is 4.31 Å². The van der Waals surface area contributed by atoms with E-state index in [1.165, 1.54) is 6.92 Å². The molecule has 0 radical (unpaired) electrons. The monoisotopic (exact) mass is 323 g/mol. The number of thioether (sulfide) groups is 1. The van der Waals surface area contributed by atoms with Crippen molar-refractivity contribution in [3.05, 3.63) is 29.8 Å². The van der Waals surface area contributed by atoms with Crippen molar-refractivity contribution in [2.45, 2.75) is 23.2 Å². The van der Waals surface area contributed by atoms with E-state index in [0.717, 1.165) is 30.0 Å². The largest absolute Gasteiger partial charge is 0.480 e. The van der Waals surface area contributed by atoms with Gasteiger partial charge in [0.15, 0.2) is 4.90 Å². The van der Waals surface area contributed by atoms with Crippen molar-refractivity contribution < 1.29 is 27.1 Å². The second-order valence-corrected chi connectivity index (χ2v) is 7.30. The zero-order valence-corrected chi connectivity index (χ0v) is 11.9. The fourth-order valence-electron chi connectivity index (χ4n) is 2.01. The molecule has 0 spiro atoms. The lowest BCUT2D eigenvalue weighted by Gasteiger charge is -2.24. The highest BCUT2D eigenvalue weighted by atomic mass is 32.2. The van der Waals surface area contributed by atoms with Crippen molar-refractivity contribution in [3.63, 3.8) is 0 Å². The Balaban J connectivity index is 2.57. The van der Waals surface area contributed by atoms with Gasteiger partial charge in [-0.3, -0.25) is 4.79 Å². The van der Waals surface area contributed by atoms with E-state index in [1.807, 2.05) is 0 Å². The van der Waals surface area contributed by atoms with E-state index in [2.05, 4.69) is 0 Å². The molecule has 2 atom stereocenters. The Kier molecular flexibility index (Phi) is 4.03. The fourth-order valence-corrected chi connectivity index (χ4v) is 5.41. The molecular weight excluding hydrogens is 312 g/mol. The van der Waals surface area contributed by atoms with Crippen LogP contribution in [0.3, 0.4) is 0 Å². The summed E-state index contributed by atoms with van der Waals surface area (Å²) in [6, 6.07) is 1.35. The van der Waals surface area contributed by atoms with Crippen molar-refractivity contribution in [2.75, 3.05) is 5.75 Å². The molecule has 0 aliphatic carbocycles. The van der Waals surface area contributed by atoms with Crippen LogP contribution in [0.25, 0.3) is 0 Å². The van der Waals surface area contributed by atoms with Crippen LogP contribution in [0, 0.1) is 11.6 Å². The predicted octanol–water partition coefficient (Wildman–Crippen LogP) is 1.50. The fraction of sp³-hybridized carbons (Fsp3) is 0.364. The number of carboxylic acid groups (broad SMARTS) is 1. The highest BCUT2D eigenvalue weighted by Gasteiger charge is 2.46. The zero-order valence-electron chi connectivity index (χ0n) is 10.3. The van der Waals surface area contributed by atoms with E-state index in [4.69, 9.17) is 5.11 Å². The molecule has 5 nitrogen and oxygen atoms in total. The molecule has 1 aromatic rings. The average Bonchev–Trinajstić information content (AvgIpc) is 2.71. The topological polar surface area (TPSA) is 74.7 Å². The number of nitrogens with zero attached hydrogens (tertiary/aromatic N) is 1. The number of aliphatic carboxylic acids is 1. The lowest BCUT2D eigenvalue weighted by atomic mass is 10.3. The van der Waals surface area contributed by atoms with Crippen molar-refractivity contribution in [1.29, 1.82) is 0 Å². The molecule has 9 heteroatoms. The minimum atomic E-state index is -4.56. The average molecular weight is 323 g/mol. The summed E-state index contributed by atoms with van der Waals surface area (Å²) >= 11 is 1.10. The van der Waals surface area contributed by atoms with Gasteiger partial charge in [0.05, 0.1) is 5.37 Å². The first kappa shape index (κ1) is 15.2. The molecule has 1 saturated heterocycles. The molecule has 1 aromatic carbocycles. The summed E-state index contributed by atoms with van der Waals surface area (Å²) in [6.45, 7) is 1.48. The molecule has 2 rings (SSSR count). The lowest BCUT2D eigenvalue weighted by molar-refractivity contribution is -0.140. The Morgan fingerprint density at radius 3 is 2.45 bits per heavy atom. The maximum Gasteiger partial charge on any atom is 0.322 e. The Labute approximate surface area is 118 Å². The number of benzene rings is 1. The maximum atomic E-state index is 13.7. The van der Waals surface area contributed by atoms with E-state index >= 15 is 0 Å². The molecule has 110 valence electrons. The van der Waals surface area contributed by atoms with Crippen LogP contribution in [-0.4, -0.2) is 41.0 Å². The van der Waals surface area contributed by atoms with Crippen LogP contribution in [0.5, 0.6) is 0 Å². The predicted molar refractivity (Wildman–Crippen MR) is 68.7 cm³/mol. The van der Waals surface area contributed by atoms with E-state index in [-0.39, 0.29) is 5.75 Å². The number of hydrogen-bond acceptors (Lipinski definition) is 4. The number of halogens is 2. The molecule has 20 heavy (non-hydrogen) atoms. The van der Waals surface area contributed by atoms with Crippen LogP contribution in [0.15, 0.2) is 23.1 Å². The Morgan fingerprint density at radius 2 is 1.95 bits per heavy atom. The van der Waals surface area contributed by atoms with E-state index in [0.29, 0.717) is 4.31 Å². The van der Waals surface area contributed by atoms with Crippen LogP contribution >= 0.6 is 11.8 Å². The number of hydrogen-bond donors (Lipinski definition) is 1. The number of sulfonamides is 1. The van der Waals surface area contributed by atoms with Gasteiger partial charge in [-0.1, -0.05) is 6.07 Å². The van der Waals surface area contributed by atoms with E-state index in [9.17, 15) is 22.0 Å². The van der Waals surface area contributed by atoms with E-state index in [1.54, 1.807) is 0 Å². The maximum absolute atomic E-state index is 13.7. The van der Waals surface area contributed by atoms with Gasteiger partial charge in [-0.2, -0.15) is 4.31 Å². The quantitative estimate of drug-likeness (QED) is 0.912. The van der Waals surface area contributed by atoms with Crippen molar-refractivity contribution >= 4 is 27.8 Å². The SMILES string of the molecule is CC1SCC(C(=O)O)N1S(=O)(=O)c1c(F)cccc1F. The first-order chi connectivity index (χ1) is 9.26. The molecule has 1 heterocycles. The number of carboxylic acids is 1. The molecule has 1 N–H and O–H groups in total. The second kappa shape index (κ2) is 5.30. The standard InChI is InChI=1S/C11H11F2NO4S2/c1-6-14(9(5-19-6)11(15)16)20(17,18)10-7(12)3-2-4-8(10)13/h2-4,6,9H,5H2,1H3,(H,15,16). The summed E-state index contributed by atoms with van der Waals surface area (Å²) in [5.74, 6) is -3.79. The third-order valence-corrected chi connectivity index (χ3v) is 6.28. The van der Waals surface area contributed by atoms with Crippen molar-refractivity contribution in [2.24, 2.45) is 0 Å².